The average molecular weight is 351 g/mol. The van der Waals surface area contributed by atoms with Crippen LogP contribution in [0.15, 0.2) is 59.0 Å². The standard InChI is InChI=1S/C20H21N3O3/c24-18-7-3-2-6-17(18)22-9-11-23(12-10-22)20(25)21-14-16-13-15-5-1-4-8-19(15)26-16/h1-8,13,24H,9-12,14H2,(H,21,25). The van der Waals surface area contributed by atoms with E-state index in [0.717, 1.165) is 22.4 Å². The monoisotopic (exact) mass is 351 g/mol. The first kappa shape index (κ1) is 16.3. The predicted molar refractivity (Wildman–Crippen MR) is 100 cm³/mol. The van der Waals surface area contributed by atoms with E-state index >= 15 is 0 Å². The number of piperazine rings is 1. The van der Waals surface area contributed by atoms with Crippen molar-refractivity contribution >= 4 is 22.7 Å². The van der Waals surface area contributed by atoms with Crippen LogP contribution in [0.5, 0.6) is 5.75 Å². The molecule has 0 bridgehead atoms. The van der Waals surface area contributed by atoms with Crippen molar-refractivity contribution in [2.45, 2.75) is 6.54 Å². The number of furan rings is 1. The number of carbonyl (C=O) groups excluding carboxylic acids is 1. The first-order valence-corrected chi connectivity index (χ1v) is 8.74. The van der Waals surface area contributed by atoms with Crippen molar-refractivity contribution in [2.24, 2.45) is 0 Å². The number of carbonyl (C=O) groups is 1. The maximum Gasteiger partial charge on any atom is 0.317 e. The third-order valence-electron chi connectivity index (χ3n) is 4.68. The lowest BCUT2D eigenvalue weighted by atomic mass is 10.2. The first-order valence-electron chi connectivity index (χ1n) is 8.74. The minimum atomic E-state index is -0.0950. The van der Waals surface area contributed by atoms with Crippen LogP contribution in [-0.2, 0) is 6.54 Å². The van der Waals surface area contributed by atoms with Gasteiger partial charge in [-0.1, -0.05) is 30.3 Å². The van der Waals surface area contributed by atoms with E-state index in [0.29, 0.717) is 32.7 Å². The lowest BCUT2D eigenvalue weighted by molar-refractivity contribution is 0.193. The number of rotatable bonds is 3. The van der Waals surface area contributed by atoms with Gasteiger partial charge in [-0.25, -0.2) is 4.79 Å². The van der Waals surface area contributed by atoms with E-state index in [9.17, 15) is 9.90 Å². The molecular weight excluding hydrogens is 330 g/mol. The van der Waals surface area contributed by atoms with Crippen LogP contribution in [0.2, 0.25) is 0 Å². The quantitative estimate of drug-likeness (QED) is 0.760. The van der Waals surface area contributed by atoms with Crippen molar-refractivity contribution in [1.82, 2.24) is 10.2 Å². The van der Waals surface area contributed by atoms with Crippen molar-refractivity contribution < 1.29 is 14.3 Å². The van der Waals surface area contributed by atoms with Gasteiger partial charge < -0.3 is 24.6 Å². The Bertz CT molecular complexity index is 880. The summed E-state index contributed by atoms with van der Waals surface area (Å²) in [6.07, 6.45) is 0. The summed E-state index contributed by atoms with van der Waals surface area (Å²) >= 11 is 0. The molecule has 0 atom stereocenters. The van der Waals surface area contributed by atoms with Gasteiger partial charge in [0.1, 0.15) is 17.1 Å². The number of phenols is 1. The second-order valence-electron chi connectivity index (χ2n) is 6.37. The average Bonchev–Trinajstić information content (AvgIpc) is 3.10. The van der Waals surface area contributed by atoms with Gasteiger partial charge in [-0.2, -0.15) is 0 Å². The van der Waals surface area contributed by atoms with E-state index in [1.54, 1.807) is 17.0 Å². The van der Waals surface area contributed by atoms with Gasteiger partial charge in [0.2, 0.25) is 0 Å². The Morgan fingerprint density at radius 2 is 1.77 bits per heavy atom. The third-order valence-corrected chi connectivity index (χ3v) is 4.68. The summed E-state index contributed by atoms with van der Waals surface area (Å²) in [5.41, 5.74) is 1.64. The number of nitrogens with one attached hydrogen (secondary N) is 1. The summed E-state index contributed by atoms with van der Waals surface area (Å²) < 4.78 is 5.72. The van der Waals surface area contributed by atoms with Gasteiger partial charge in [-0.05, 0) is 24.3 Å². The highest BCUT2D eigenvalue weighted by atomic mass is 16.3. The molecule has 6 heteroatoms. The topological polar surface area (TPSA) is 69.0 Å². The number of amides is 2. The van der Waals surface area contributed by atoms with E-state index < -0.39 is 0 Å². The number of urea groups is 1. The fourth-order valence-electron chi connectivity index (χ4n) is 3.28. The first-order chi connectivity index (χ1) is 12.7. The molecule has 6 nitrogen and oxygen atoms in total. The van der Waals surface area contributed by atoms with Crippen molar-refractivity contribution in [3.63, 3.8) is 0 Å². The summed E-state index contributed by atoms with van der Waals surface area (Å²) in [6, 6.07) is 16.9. The fourth-order valence-corrected chi connectivity index (χ4v) is 3.28. The highest BCUT2D eigenvalue weighted by molar-refractivity contribution is 5.78. The van der Waals surface area contributed by atoms with Gasteiger partial charge in [0.05, 0.1) is 12.2 Å². The van der Waals surface area contributed by atoms with Crippen LogP contribution in [0.1, 0.15) is 5.76 Å². The zero-order valence-electron chi connectivity index (χ0n) is 14.4. The molecule has 4 rings (SSSR count). The number of hydrogen-bond acceptors (Lipinski definition) is 4. The molecule has 0 aliphatic carbocycles. The van der Waals surface area contributed by atoms with Gasteiger partial charge in [-0.3, -0.25) is 0 Å². The summed E-state index contributed by atoms with van der Waals surface area (Å²) in [5.74, 6) is 1.02. The summed E-state index contributed by atoms with van der Waals surface area (Å²) in [7, 11) is 0. The molecule has 0 spiro atoms. The molecule has 2 aromatic carbocycles. The van der Waals surface area contributed by atoms with E-state index in [1.807, 2.05) is 42.5 Å². The Balaban J connectivity index is 1.31. The number of hydrogen-bond donors (Lipinski definition) is 2. The van der Waals surface area contributed by atoms with Crippen LogP contribution in [0.4, 0.5) is 10.5 Å². The number of para-hydroxylation sites is 3. The Kier molecular flexibility index (Phi) is 4.39. The van der Waals surface area contributed by atoms with Crippen LogP contribution in [-0.4, -0.2) is 42.2 Å². The van der Waals surface area contributed by atoms with E-state index in [-0.39, 0.29) is 11.8 Å². The van der Waals surface area contributed by atoms with Crippen LogP contribution >= 0.6 is 0 Å². The molecule has 1 aliphatic heterocycles. The molecule has 2 heterocycles. The van der Waals surface area contributed by atoms with E-state index in [2.05, 4.69) is 10.2 Å². The van der Waals surface area contributed by atoms with Crippen LogP contribution in [0.3, 0.4) is 0 Å². The largest absolute Gasteiger partial charge is 0.506 e. The molecule has 3 aromatic rings. The second-order valence-corrected chi connectivity index (χ2v) is 6.37. The Hall–Kier alpha value is -3.15. The van der Waals surface area contributed by atoms with Crippen molar-refractivity contribution in [3.05, 3.63) is 60.4 Å². The molecule has 26 heavy (non-hydrogen) atoms. The summed E-state index contributed by atoms with van der Waals surface area (Å²) in [5, 5.41) is 13.9. The molecule has 0 unspecified atom stereocenters. The third kappa shape index (κ3) is 3.31. The van der Waals surface area contributed by atoms with Crippen molar-refractivity contribution in [2.75, 3.05) is 31.1 Å². The number of anilines is 1. The highest BCUT2D eigenvalue weighted by Gasteiger charge is 2.22. The molecule has 0 radical (unpaired) electrons. The minimum Gasteiger partial charge on any atom is -0.506 e. The number of benzene rings is 2. The fraction of sp³-hybridized carbons (Fsp3) is 0.250. The Labute approximate surface area is 151 Å². The molecule has 0 saturated carbocycles. The van der Waals surface area contributed by atoms with Gasteiger partial charge >= 0.3 is 6.03 Å². The Morgan fingerprint density at radius 3 is 2.54 bits per heavy atom. The van der Waals surface area contributed by atoms with Gasteiger partial charge in [-0.15, -0.1) is 0 Å². The van der Waals surface area contributed by atoms with E-state index in [4.69, 9.17) is 4.42 Å². The number of nitrogens with zero attached hydrogens (tertiary/aromatic N) is 2. The Morgan fingerprint density at radius 1 is 1.04 bits per heavy atom. The minimum absolute atomic E-state index is 0.0950. The second kappa shape index (κ2) is 7.00. The van der Waals surface area contributed by atoms with Gasteiger partial charge in [0.25, 0.3) is 0 Å². The molecule has 1 aromatic heterocycles. The summed E-state index contributed by atoms with van der Waals surface area (Å²) in [6.45, 7) is 2.97. The predicted octanol–water partition coefficient (Wildman–Crippen LogP) is 3.17. The van der Waals surface area contributed by atoms with Crippen LogP contribution < -0.4 is 10.2 Å². The molecule has 1 saturated heterocycles. The lowest BCUT2D eigenvalue weighted by Crippen LogP contribution is -2.51. The highest BCUT2D eigenvalue weighted by Crippen LogP contribution is 2.27. The molecular formula is C20H21N3O3. The van der Waals surface area contributed by atoms with Crippen LogP contribution in [0.25, 0.3) is 11.0 Å². The smallest absolute Gasteiger partial charge is 0.317 e. The molecule has 1 aliphatic rings. The molecule has 134 valence electrons. The zero-order valence-corrected chi connectivity index (χ0v) is 14.4. The van der Waals surface area contributed by atoms with Crippen molar-refractivity contribution in [3.8, 4) is 5.75 Å². The maximum atomic E-state index is 12.4. The molecule has 2 N–H and O–H groups in total. The SMILES string of the molecule is O=C(NCc1cc2ccccc2o1)N1CCN(c2ccccc2O)CC1. The molecule has 2 amide bonds. The van der Waals surface area contributed by atoms with Gasteiger partial charge in [0.15, 0.2) is 0 Å². The maximum absolute atomic E-state index is 12.4. The van der Waals surface area contributed by atoms with Gasteiger partial charge in [0, 0.05) is 31.6 Å². The lowest BCUT2D eigenvalue weighted by Gasteiger charge is -2.36. The number of phenolic OH excluding ortho intramolecular Hbond substituents is 1. The number of aromatic hydroxyl groups is 1. The molecule has 1 fully saturated rings. The number of fused-ring (bicyclic) bond motifs is 1. The normalized spacial score (nSPS) is 14.6. The summed E-state index contributed by atoms with van der Waals surface area (Å²) in [4.78, 5) is 16.3. The van der Waals surface area contributed by atoms with E-state index in [1.165, 1.54) is 0 Å². The zero-order chi connectivity index (χ0) is 17.9. The van der Waals surface area contributed by atoms with Crippen LogP contribution in [0, 0.1) is 0 Å². The van der Waals surface area contributed by atoms with Crippen molar-refractivity contribution in [1.29, 1.82) is 0 Å².